The Balaban J connectivity index is 2.28. The topological polar surface area (TPSA) is 29.1 Å². The Kier molecular flexibility index (Phi) is 4.48. The molecule has 92 valence electrons. The van der Waals surface area contributed by atoms with Crippen LogP contribution in [-0.2, 0) is 0 Å². The fourth-order valence-corrected chi connectivity index (χ4v) is 2.36. The second kappa shape index (κ2) is 5.91. The summed E-state index contributed by atoms with van der Waals surface area (Å²) in [6.45, 7) is 0. The van der Waals surface area contributed by atoms with Gasteiger partial charge in [-0.15, -0.1) is 0 Å². The molecule has 0 saturated heterocycles. The minimum absolute atomic E-state index is 0.227. The lowest BCUT2D eigenvalue weighted by atomic mass is 10.2. The molecule has 0 aliphatic heterocycles. The molecule has 0 aliphatic carbocycles. The van der Waals surface area contributed by atoms with Gasteiger partial charge in [-0.1, -0.05) is 35.3 Å². The summed E-state index contributed by atoms with van der Waals surface area (Å²) in [7, 11) is 0. The van der Waals surface area contributed by atoms with Crippen molar-refractivity contribution in [1.29, 1.82) is 0 Å². The third-order valence-electron chi connectivity index (χ3n) is 2.30. The summed E-state index contributed by atoms with van der Waals surface area (Å²) in [6, 6.07) is 12.3. The molecule has 0 bridgehead atoms. The van der Waals surface area contributed by atoms with Gasteiger partial charge in [0.1, 0.15) is 0 Å². The number of halogens is 3. The highest BCUT2D eigenvalue weighted by Gasteiger charge is 2.12. The summed E-state index contributed by atoms with van der Waals surface area (Å²) < 4.78 is 0.835. The van der Waals surface area contributed by atoms with Crippen LogP contribution in [0, 0.1) is 3.57 Å². The molecular formula is C13H8Cl2INO. The lowest BCUT2D eigenvalue weighted by Crippen LogP contribution is -2.13. The second-order valence-corrected chi connectivity index (χ2v) is 5.56. The largest absolute Gasteiger partial charge is 0.321 e. The number of rotatable bonds is 2. The van der Waals surface area contributed by atoms with Crippen LogP contribution in [0.15, 0.2) is 42.5 Å². The van der Waals surface area contributed by atoms with Gasteiger partial charge in [0.15, 0.2) is 0 Å². The molecule has 0 fully saturated rings. The van der Waals surface area contributed by atoms with Crippen LogP contribution in [0.25, 0.3) is 0 Å². The summed E-state index contributed by atoms with van der Waals surface area (Å²) >= 11 is 14.0. The van der Waals surface area contributed by atoms with Gasteiger partial charge in [-0.3, -0.25) is 4.79 Å². The van der Waals surface area contributed by atoms with Crippen molar-refractivity contribution >= 4 is 57.4 Å². The summed E-state index contributed by atoms with van der Waals surface area (Å²) in [6.07, 6.45) is 0. The number of nitrogens with one attached hydrogen (secondary N) is 1. The molecule has 2 aromatic carbocycles. The molecule has 5 heteroatoms. The normalized spacial score (nSPS) is 10.2. The zero-order valence-corrected chi connectivity index (χ0v) is 12.8. The van der Waals surface area contributed by atoms with Gasteiger partial charge in [0.2, 0.25) is 0 Å². The molecule has 0 heterocycles. The molecule has 2 rings (SSSR count). The molecule has 2 nitrogen and oxygen atoms in total. The minimum Gasteiger partial charge on any atom is -0.321 e. The van der Waals surface area contributed by atoms with Gasteiger partial charge < -0.3 is 5.32 Å². The molecule has 0 radical (unpaired) electrons. The zero-order valence-electron chi connectivity index (χ0n) is 9.08. The Bertz CT molecular complexity index is 601. The van der Waals surface area contributed by atoms with Crippen LogP contribution in [0.4, 0.5) is 5.69 Å². The van der Waals surface area contributed by atoms with Crippen LogP contribution in [0.3, 0.4) is 0 Å². The first-order chi connectivity index (χ1) is 8.58. The molecule has 18 heavy (non-hydrogen) atoms. The molecule has 0 atom stereocenters. The lowest BCUT2D eigenvalue weighted by molar-refractivity contribution is 0.102. The predicted molar refractivity (Wildman–Crippen MR) is 83.6 cm³/mol. The van der Waals surface area contributed by atoms with E-state index in [9.17, 15) is 4.79 Å². The average molecular weight is 392 g/mol. The van der Waals surface area contributed by atoms with E-state index in [1.807, 2.05) is 6.07 Å². The number of anilines is 1. The van der Waals surface area contributed by atoms with Crippen molar-refractivity contribution in [2.75, 3.05) is 5.32 Å². The van der Waals surface area contributed by atoms with Crippen molar-refractivity contribution in [3.05, 3.63) is 61.6 Å². The summed E-state index contributed by atoms with van der Waals surface area (Å²) in [4.78, 5) is 12.1. The third kappa shape index (κ3) is 3.16. The molecule has 0 unspecified atom stereocenters. The molecule has 1 N–H and O–H groups in total. The maximum Gasteiger partial charge on any atom is 0.256 e. The molecule has 0 spiro atoms. The highest BCUT2D eigenvalue weighted by molar-refractivity contribution is 14.1. The Labute approximate surface area is 128 Å². The van der Waals surface area contributed by atoms with Crippen molar-refractivity contribution in [1.82, 2.24) is 0 Å². The third-order valence-corrected chi connectivity index (χ3v) is 3.80. The number of hydrogen-bond donors (Lipinski definition) is 1. The van der Waals surface area contributed by atoms with Crippen molar-refractivity contribution in [3.8, 4) is 0 Å². The molecular weight excluding hydrogens is 384 g/mol. The Morgan fingerprint density at radius 1 is 1.11 bits per heavy atom. The first kappa shape index (κ1) is 13.6. The van der Waals surface area contributed by atoms with Crippen molar-refractivity contribution in [2.24, 2.45) is 0 Å². The van der Waals surface area contributed by atoms with E-state index in [4.69, 9.17) is 23.2 Å². The Morgan fingerprint density at radius 2 is 1.83 bits per heavy atom. The summed E-state index contributed by atoms with van der Waals surface area (Å²) in [5, 5.41) is 3.79. The second-order valence-electron chi connectivity index (χ2n) is 3.56. The van der Waals surface area contributed by atoms with Crippen molar-refractivity contribution in [3.63, 3.8) is 0 Å². The standard InChI is InChI=1S/C13H8Cl2INO/c14-8-5-6-11(16)9(7-8)13(18)17-12-4-2-1-3-10(12)15/h1-7H,(H,17,18). The highest BCUT2D eigenvalue weighted by atomic mass is 127. The monoisotopic (exact) mass is 391 g/mol. The number of para-hydroxylation sites is 1. The van der Waals surface area contributed by atoms with E-state index >= 15 is 0 Å². The van der Waals surface area contributed by atoms with E-state index in [-0.39, 0.29) is 5.91 Å². The number of hydrogen-bond acceptors (Lipinski definition) is 1. The van der Waals surface area contributed by atoms with E-state index in [1.54, 1.807) is 36.4 Å². The highest BCUT2D eigenvalue weighted by Crippen LogP contribution is 2.23. The van der Waals surface area contributed by atoms with Crippen LogP contribution >= 0.6 is 45.8 Å². The zero-order chi connectivity index (χ0) is 13.1. The predicted octanol–water partition coefficient (Wildman–Crippen LogP) is 4.85. The van der Waals surface area contributed by atoms with Crippen LogP contribution < -0.4 is 5.32 Å². The maximum absolute atomic E-state index is 12.1. The van der Waals surface area contributed by atoms with Crippen molar-refractivity contribution < 1.29 is 4.79 Å². The van der Waals surface area contributed by atoms with Gasteiger partial charge in [-0.05, 0) is 52.9 Å². The van der Waals surface area contributed by atoms with E-state index < -0.39 is 0 Å². The van der Waals surface area contributed by atoms with Gasteiger partial charge in [0.25, 0.3) is 5.91 Å². The maximum atomic E-state index is 12.1. The van der Waals surface area contributed by atoms with E-state index in [2.05, 4.69) is 27.9 Å². The fraction of sp³-hybridized carbons (Fsp3) is 0. The SMILES string of the molecule is O=C(Nc1ccccc1Cl)c1cc(Cl)ccc1I. The summed E-state index contributed by atoms with van der Waals surface area (Å²) in [5.74, 6) is -0.227. The van der Waals surface area contributed by atoms with E-state index in [1.165, 1.54) is 0 Å². The van der Waals surface area contributed by atoms with Gasteiger partial charge in [-0.2, -0.15) is 0 Å². The smallest absolute Gasteiger partial charge is 0.256 e. The van der Waals surface area contributed by atoms with Crippen LogP contribution in [0.1, 0.15) is 10.4 Å². The van der Waals surface area contributed by atoms with Gasteiger partial charge in [0, 0.05) is 8.59 Å². The van der Waals surface area contributed by atoms with Gasteiger partial charge in [-0.25, -0.2) is 0 Å². The first-order valence-electron chi connectivity index (χ1n) is 5.09. The van der Waals surface area contributed by atoms with Crippen LogP contribution in [-0.4, -0.2) is 5.91 Å². The fourth-order valence-electron chi connectivity index (χ4n) is 1.42. The summed E-state index contributed by atoms with van der Waals surface area (Å²) in [5.41, 5.74) is 1.11. The first-order valence-corrected chi connectivity index (χ1v) is 6.92. The number of benzene rings is 2. The number of carbonyl (C=O) groups is 1. The van der Waals surface area contributed by atoms with Crippen LogP contribution in [0.2, 0.25) is 10.0 Å². The number of amides is 1. The average Bonchev–Trinajstić information content (AvgIpc) is 2.35. The Morgan fingerprint density at radius 3 is 2.56 bits per heavy atom. The van der Waals surface area contributed by atoms with Gasteiger partial charge >= 0.3 is 0 Å². The van der Waals surface area contributed by atoms with Crippen molar-refractivity contribution in [2.45, 2.75) is 0 Å². The van der Waals surface area contributed by atoms with Gasteiger partial charge in [0.05, 0.1) is 16.3 Å². The number of carbonyl (C=O) groups excluding carboxylic acids is 1. The van der Waals surface area contributed by atoms with Crippen LogP contribution in [0.5, 0.6) is 0 Å². The lowest BCUT2D eigenvalue weighted by Gasteiger charge is -2.08. The quantitative estimate of drug-likeness (QED) is 0.728. The minimum atomic E-state index is -0.227. The van der Waals surface area contributed by atoms with E-state index in [0.29, 0.717) is 21.3 Å². The molecule has 0 saturated carbocycles. The Hall–Kier alpha value is -0.780. The van der Waals surface area contributed by atoms with E-state index in [0.717, 1.165) is 3.57 Å². The molecule has 1 amide bonds. The molecule has 2 aromatic rings. The molecule has 0 aliphatic rings. The molecule has 0 aromatic heterocycles.